The minimum atomic E-state index is 0.0729. The first kappa shape index (κ1) is 10.6. The molecule has 4 nitrogen and oxygen atoms in total. The zero-order valence-electron chi connectivity index (χ0n) is 9.32. The van der Waals surface area contributed by atoms with Crippen LogP contribution >= 0.6 is 0 Å². The van der Waals surface area contributed by atoms with Gasteiger partial charge in [-0.1, -0.05) is 6.42 Å². The molecule has 1 aromatic heterocycles. The monoisotopic (exact) mass is 209 g/mol. The lowest BCUT2D eigenvalue weighted by molar-refractivity contribution is 0.218. The van der Waals surface area contributed by atoms with E-state index in [1.54, 1.807) is 4.68 Å². The molecule has 0 aliphatic carbocycles. The molecule has 0 amide bonds. The van der Waals surface area contributed by atoms with Crippen molar-refractivity contribution in [2.75, 3.05) is 13.1 Å². The minimum Gasteiger partial charge on any atom is -0.390 e. The molecule has 0 saturated carbocycles. The molecule has 2 rings (SSSR count). The molecule has 0 unspecified atom stereocenters. The third-order valence-corrected chi connectivity index (χ3v) is 3.02. The van der Waals surface area contributed by atoms with Gasteiger partial charge in [-0.05, 0) is 32.0 Å². The number of hydrogen-bond donors (Lipinski definition) is 1. The predicted octanol–water partition coefficient (Wildman–Crippen LogP) is 0.898. The zero-order chi connectivity index (χ0) is 10.7. The number of nitrogens with zero attached hydrogens (tertiary/aromatic N) is 3. The topological polar surface area (TPSA) is 41.3 Å². The highest BCUT2D eigenvalue weighted by Gasteiger charge is 2.12. The summed E-state index contributed by atoms with van der Waals surface area (Å²) in [4.78, 5) is 2.44. The molecule has 2 heterocycles. The molecule has 15 heavy (non-hydrogen) atoms. The Morgan fingerprint density at radius 2 is 2.07 bits per heavy atom. The Labute approximate surface area is 90.5 Å². The van der Waals surface area contributed by atoms with Crippen LogP contribution in [0.5, 0.6) is 0 Å². The summed E-state index contributed by atoms with van der Waals surface area (Å²) >= 11 is 0. The van der Waals surface area contributed by atoms with Gasteiger partial charge in [0.15, 0.2) is 0 Å². The van der Waals surface area contributed by atoms with Crippen LogP contribution in [0.1, 0.15) is 30.7 Å². The average molecular weight is 209 g/mol. The van der Waals surface area contributed by atoms with Crippen molar-refractivity contribution in [3.8, 4) is 0 Å². The van der Waals surface area contributed by atoms with Crippen molar-refractivity contribution >= 4 is 0 Å². The maximum absolute atomic E-state index is 9.06. The fourth-order valence-electron chi connectivity index (χ4n) is 2.14. The van der Waals surface area contributed by atoms with Gasteiger partial charge in [0.2, 0.25) is 0 Å². The van der Waals surface area contributed by atoms with Gasteiger partial charge in [-0.25, -0.2) is 0 Å². The minimum absolute atomic E-state index is 0.0729. The Bertz CT molecular complexity index is 316. The SMILES string of the molecule is Cn1nc(CN2CCCCC2)cc1CO. The predicted molar refractivity (Wildman–Crippen MR) is 58.3 cm³/mol. The Morgan fingerprint density at radius 1 is 1.33 bits per heavy atom. The highest BCUT2D eigenvalue weighted by Crippen LogP contribution is 2.12. The summed E-state index contributed by atoms with van der Waals surface area (Å²) < 4.78 is 1.76. The van der Waals surface area contributed by atoms with E-state index in [9.17, 15) is 0 Å². The molecule has 0 radical (unpaired) electrons. The van der Waals surface area contributed by atoms with Gasteiger partial charge in [0.1, 0.15) is 0 Å². The molecule has 1 aliphatic rings. The zero-order valence-corrected chi connectivity index (χ0v) is 9.32. The first-order valence-corrected chi connectivity index (χ1v) is 5.64. The quantitative estimate of drug-likeness (QED) is 0.804. The van der Waals surface area contributed by atoms with Gasteiger partial charge in [-0.3, -0.25) is 9.58 Å². The Hall–Kier alpha value is -0.870. The van der Waals surface area contributed by atoms with E-state index >= 15 is 0 Å². The number of aryl methyl sites for hydroxylation is 1. The summed E-state index contributed by atoms with van der Waals surface area (Å²) in [7, 11) is 1.88. The maximum atomic E-state index is 9.06. The van der Waals surface area contributed by atoms with Crippen molar-refractivity contribution in [1.29, 1.82) is 0 Å². The molecule has 0 aromatic carbocycles. The number of aliphatic hydroxyl groups is 1. The smallest absolute Gasteiger partial charge is 0.0849 e. The molecule has 4 heteroatoms. The summed E-state index contributed by atoms with van der Waals surface area (Å²) in [5.74, 6) is 0. The molecule has 0 bridgehead atoms. The van der Waals surface area contributed by atoms with Crippen molar-refractivity contribution in [3.63, 3.8) is 0 Å². The summed E-state index contributed by atoms with van der Waals surface area (Å²) in [6.45, 7) is 3.37. The number of aliphatic hydroxyl groups excluding tert-OH is 1. The fourth-order valence-corrected chi connectivity index (χ4v) is 2.14. The fraction of sp³-hybridized carbons (Fsp3) is 0.727. The maximum Gasteiger partial charge on any atom is 0.0849 e. The summed E-state index contributed by atoms with van der Waals surface area (Å²) in [6.07, 6.45) is 3.97. The number of aromatic nitrogens is 2. The van der Waals surface area contributed by atoms with Crippen LogP contribution in [0.3, 0.4) is 0 Å². The third kappa shape index (κ3) is 2.58. The van der Waals surface area contributed by atoms with Crippen LogP contribution in [0.25, 0.3) is 0 Å². The third-order valence-electron chi connectivity index (χ3n) is 3.02. The lowest BCUT2D eigenvalue weighted by atomic mass is 10.1. The molecule has 84 valence electrons. The Kier molecular flexibility index (Phi) is 3.38. The van der Waals surface area contributed by atoms with E-state index < -0.39 is 0 Å². The summed E-state index contributed by atoms with van der Waals surface area (Å²) in [5, 5.41) is 13.5. The van der Waals surface area contributed by atoms with E-state index in [0.29, 0.717) is 0 Å². The van der Waals surface area contributed by atoms with E-state index in [1.165, 1.54) is 32.4 Å². The normalized spacial score (nSPS) is 18.3. The van der Waals surface area contributed by atoms with Crippen molar-refractivity contribution in [1.82, 2.24) is 14.7 Å². The largest absolute Gasteiger partial charge is 0.390 e. The lowest BCUT2D eigenvalue weighted by Crippen LogP contribution is -2.29. The van der Waals surface area contributed by atoms with Crippen LogP contribution in [0, 0.1) is 0 Å². The number of hydrogen-bond acceptors (Lipinski definition) is 3. The molecule has 1 fully saturated rings. The second-order valence-electron chi connectivity index (χ2n) is 4.25. The Morgan fingerprint density at radius 3 is 2.67 bits per heavy atom. The van der Waals surface area contributed by atoms with Crippen LogP contribution in [0.2, 0.25) is 0 Å². The standard InChI is InChI=1S/C11H19N3O/c1-13-11(9-15)7-10(12-13)8-14-5-3-2-4-6-14/h7,15H,2-6,8-9H2,1H3. The number of piperidine rings is 1. The highest BCUT2D eigenvalue weighted by atomic mass is 16.3. The molecule has 1 aliphatic heterocycles. The van der Waals surface area contributed by atoms with E-state index in [-0.39, 0.29) is 6.61 Å². The van der Waals surface area contributed by atoms with E-state index in [0.717, 1.165) is 17.9 Å². The van der Waals surface area contributed by atoms with Crippen LogP contribution in [0.15, 0.2) is 6.07 Å². The Balaban J connectivity index is 1.97. The van der Waals surface area contributed by atoms with E-state index in [1.807, 2.05) is 13.1 Å². The van der Waals surface area contributed by atoms with Crippen LogP contribution in [0.4, 0.5) is 0 Å². The number of likely N-dealkylation sites (tertiary alicyclic amines) is 1. The molecular formula is C11H19N3O. The van der Waals surface area contributed by atoms with Gasteiger partial charge in [-0.15, -0.1) is 0 Å². The van der Waals surface area contributed by atoms with Gasteiger partial charge in [-0.2, -0.15) is 5.10 Å². The first-order valence-electron chi connectivity index (χ1n) is 5.64. The van der Waals surface area contributed by atoms with E-state index in [2.05, 4.69) is 10.00 Å². The van der Waals surface area contributed by atoms with Crippen LogP contribution < -0.4 is 0 Å². The molecule has 1 aromatic rings. The van der Waals surface area contributed by atoms with Crippen molar-refractivity contribution in [2.45, 2.75) is 32.4 Å². The first-order chi connectivity index (χ1) is 7.29. The van der Waals surface area contributed by atoms with Crippen molar-refractivity contribution < 1.29 is 5.11 Å². The average Bonchev–Trinajstić information content (AvgIpc) is 2.60. The van der Waals surface area contributed by atoms with Gasteiger partial charge in [0.25, 0.3) is 0 Å². The van der Waals surface area contributed by atoms with Gasteiger partial charge in [0, 0.05) is 13.6 Å². The molecule has 1 N–H and O–H groups in total. The van der Waals surface area contributed by atoms with Gasteiger partial charge >= 0.3 is 0 Å². The van der Waals surface area contributed by atoms with Crippen LogP contribution in [-0.4, -0.2) is 32.9 Å². The lowest BCUT2D eigenvalue weighted by Gasteiger charge is -2.25. The number of rotatable bonds is 3. The van der Waals surface area contributed by atoms with E-state index in [4.69, 9.17) is 5.11 Å². The van der Waals surface area contributed by atoms with Crippen molar-refractivity contribution in [3.05, 3.63) is 17.5 Å². The molecule has 1 saturated heterocycles. The molecular weight excluding hydrogens is 190 g/mol. The van der Waals surface area contributed by atoms with Gasteiger partial charge < -0.3 is 5.11 Å². The molecule has 0 spiro atoms. The highest BCUT2D eigenvalue weighted by molar-refractivity contribution is 5.09. The molecule has 0 atom stereocenters. The van der Waals surface area contributed by atoms with Crippen molar-refractivity contribution in [2.24, 2.45) is 7.05 Å². The summed E-state index contributed by atoms with van der Waals surface area (Å²) in [6, 6.07) is 1.99. The second-order valence-corrected chi connectivity index (χ2v) is 4.25. The van der Waals surface area contributed by atoms with Gasteiger partial charge in [0.05, 0.1) is 18.0 Å². The summed E-state index contributed by atoms with van der Waals surface area (Å²) in [5.41, 5.74) is 1.96. The van der Waals surface area contributed by atoms with Crippen LogP contribution in [-0.2, 0) is 20.2 Å². The second kappa shape index (κ2) is 4.77.